The van der Waals surface area contributed by atoms with Crippen LogP contribution in [0.1, 0.15) is 17.5 Å². The maximum atomic E-state index is 11.9. The largest absolute Gasteiger partial charge is 0.492 e. The Morgan fingerprint density at radius 3 is 2.27 bits per heavy atom. The minimum Gasteiger partial charge on any atom is -0.492 e. The van der Waals surface area contributed by atoms with E-state index >= 15 is 0 Å². The highest BCUT2D eigenvalue weighted by Gasteiger charge is 2.50. The highest BCUT2D eigenvalue weighted by molar-refractivity contribution is 7.86. The molecule has 166 valence electrons. The minimum atomic E-state index is -4.95. The lowest BCUT2D eigenvalue weighted by Crippen LogP contribution is -2.61. The van der Waals surface area contributed by atoms with Gasteiger partial charge in [-0.15, -0.1) is 0 Å². The molecule has 0 saturated carbocycles. The summed E-state index contributed by atoms with van der Waals surface area (Å²) >= 11 is 0. The maximum absolute atomic E-state index is 11.9. The van der Waals surface area contributed by atoms with E-state index < -0.39 is 45.9 Å². The number of ether oxygens (including phenoxy) is 4. The van der Waals surface area contributed by atoms with E-state index in [0.29, 0.717) is 5.56 Å². The van der Waals surface area contributed by atoms with Crippen LogP contribution in [-0.4, -0.2) is 78.3 Å². The van der Waals surface area contributed by atoms with Crippen LogP contribution in [-0.2, 0) is 14.9 Å². The van der Waals surface area contributed by atoms with E-state index in [0.717, 1.165) is 0 Å². The zero-order valence-corrected chi connectivity index (χ0v) is 16.8. The fourth-order valence-corrected chi connectivity index (χ4v) is 3.90. The van der Waals surface area contributed by atoms with E-state index in [4.69, 9.17) is 23.4 Å². The average molecular weight is 448 g/mol. The SMILES string of the molecule is COc1oc(C(C)=O)c(OC)c2ccc(O[C@@H]3OC(S(=O)(=O)O)[C@@H](O)[C@H](O)[C@H]3O)c1-2. The standard InChI is InChI=1S/C17H20O12S/c1-6(18)13-14(25-2)7-4-5-8(9(7)15(26-3)28-13)27-16-11(20)10(19)12(21)17(29-16)30(22,23)24/h4-5,10-12,16-17,19-21H,1-3H3,(H,22,23,24)/t10-,11-,12+,16-,17?/m1/s1. The molecule has 5 atom stereocenters. The summed E-state index contributed by atoms with van der Waals surface area (Å²) in [6.07, 6.45) is -7.79. The van der Waals surface area contributed by atoms with Gasteiger partial charge in [-0.2, -0.15) is 8.42 Å². The number of Topliss-reactive ketones (excluding diaryl/α,β-unsaturated/α-hetero) is 1. The zero-order chi connectivity index (χ0) is 22.4. The van der Waals surface area contributed by atoms with Gasteiger partial charge in [0.1, 0.15) is 29.6 Å². The molecule has 3 rings (SSSR count). The first-order valence-corrected chi connectivity index (χ1v) is 10.0. The Bertz CT molecular complexity index is 1010. The van der Waals surface area contributed by atoms with Crippen molar-refractivity contribution in [2.45, 2.75) is 37.0 Å². The number of carbonyl (C=O) groups is 1. The summed E-state index contributed by atoms with van der Waals surface area (Å²) in [6, 6.07) is 2.87. The Hall–Kier alpha value is -2.42. The van der Waals surface area contributed by atoms with Gasteiger partial charge in [-0.05, 0) is 12.1 Å². The van der Waals surface area contributed by atoms with Crippen molar-refractivity contribution < 1.29 is 56.4 Å². The van der Waals surface area contributed by atoms with Crippen molar-refractivity contribution in [1.29, 1.82) is 0 Å². The van der Waals surface area contributed by atoms with Crippen LogP contribution in [0.3, 0.4) is 0 Å². The van der Waals surface area contributed by atoms with Gasteiger partial charge in [0.25, 0.3) is 16.1 Å². The topological polar surface area (TPSA) is 182 Å². The van der Waals surface area contributed by atoms with E-state index in [-0.39, 0.29) is 28.8 Å². The number of aliphatic hydroxyl groups excluding tert-OH is 3. The molecule has 0 aromatic rings. The molecule has 0 radical (unpaired) electrons. The van der Waals surface area contributed by atoms with Crippen LogP contribution < -0.4 is 14.2 Å². The molecule has 0 bridgehead atoms. The van der Waals surface area contributed by atoms with Crippen molar-refractivity contribution >= 4 is 15.9 Å². The van der Waals surface area contributed by atoms with Crippen molar-refractivity contribution in [3.8, 4) is 28.6 Å². The summed E-state index contributed by atoms with van der Waals surface area (Å²) in [6.45, 7) is 1.27. The number of methoxy groups -OCH3 is 2. The molecule has 30 heavy (non-hydrogen) atoms. The molecule has 2 heterocycles. The monoisotopic (exact) mass is 448 g/mol. The third-order valence-corrected chi connectivity index (χ3v) is 5.52. The molecule has 0 aromatic heterocycles. The summed E-state index contributed by atoms with van der Waals surface area (Å²) in [5, 5.41) is 29.9. The highest BCUT2D eigenvalue weighted by atomic mass is 32.2. The molecule has 0 spiro atoms. The van der Waals surface area contributed by atoms with Gasteiger partial charge in [0.2, 0.25) is 17.5 Å². The van der Waals surface area contributed by atoms with E-state index in [1.165, 1.54) is 33.3 Å². The summed E-state index contributed by atoms with van der Waals surface area (Å²) < 4.78 is 58.4. The Balaban J connectivity index is 2.03. The fourth-order valence-electron chi connectivity index (χ4n) is 3.13. The van der Waals surface area contributed by atoms with Crippen molar-refractivity contribution in [2.75, 3.05) is 14.2 Å². The Morgan fingerprint density at radius 2 is 1.73 bits per heavy atom. The van der Waals surface area contributed by atoms with Crippen LogP contribution in [0.4, 0.5) is 0 Å². The molecule has 0 aromatic carbocycles. The first kappa shape index (κ1) is 22.3. The average Bonchev–Trinajstić information content (AvgIpc) is 3.09. The fraction of sp³-hybridized carbons (Fsp3) is 0.471. The first-order valence-electron chi connectivity index (χ1n) is 8.52. The first-order chi connectivity index (χ1) is 14.0. The number of ketones is 1. The second kappa shape index (κ2) is 8.02. The van der Waals surface area contributed by atoms with Gasteiger partial charge < -0.3 is 38.7 Å². The summed E-state index contributed by atoms with van der Waals surface area (Å²) in [5.74, 6) is -0.647. The Morgan fingerprint density at radius 1 is 1.07 bits per heavy atom. The number of aliphatic hydroxyl groups is 3. The maximum Gasteiger partial charge on any atom is 0.296 e. The predicted molar refractivity (Wildman–Crippen MR) is 97.3 cm³/mol. The smallest absolute Gasteiger partial charge is 0.296 e. The van der Waals surface area contributed by atoms with Gasteiger partial charge in [0, 0.05) is 12.5 Å². The van der Waals surface area contributed by atoms with E-state index in [1.54, 1.807) is 0 Å². The molecule has 1 fully saturated rings. The van der Waals surface area contributed by atoms with Gasteiger partial charge in [-0.1, -0.05) is 0 Å². The molecule has 1 unspecified atom stereocenters. The second-order valence-corrected chi connectivity index (χ2v) is 7.97. The zero-order valence-electron chi connectivity index (χ0n) is 16.0. The van der Waals surface area contributed by atoms with Gasteiger partial charge in [-0.3, -0.25) is 9.35 Å². The van der Waals surface area contributed by atoms with E-state index in [1.807, 2.05) is 0 Å². The molecule has 3 aliphatic rings. The molecule has 1 saturated heterocycles. The van der Waals surface area contributed by atoms with Crippen molar-refractivity contribution in [2.24, 2.45) is 0 Å². The van der Waals surface area contributed by atoms with Crippen LogP contribution in [0.25, 0.3) is 11.1 Å². The lowest BCUT2D eigenvalue weighted by Gasteiger charge is -2.38. The molecular formula is C17H20O12S. The van der Waals surface area contributed by atoms with Crippen molar-refractivity contribution in [3.63, 3.8) is 0 Å². The number of fused-ring (bicyclic) bond motifs is 1. The summed E-state index contributed by atoms with van der Waals surface area (Å²) in [4.78, 5) is 11.9. The predicted octanol–water partition coefficient (Wildman–Crippen LogP) is -0.364. The molecule has 0 amide bonds. The highest BCUT2D eigenvalue weighted by Crippen LogP contribution is 2.49. The van der Waals surface area contributed by atoms with Crippen LogP contribution in [0.15, 0.2) is 16.5 Å². The quantitative estimate of drug-likeness (QED) is 0.333. The van der Waals surface area contributed by atoms with Crippen LogP contribution >= 0.6 is 0 Å². The molecule has 2 aliphatic heterocycles. The van der Waals surface area contributed by atoms with Gasteiger partial charge in [0.15, 0.2) is 11.5 Å². The van der Waals surface area contributed by atoms with Crippen molar-refractivity contribution in [3.05, 3.63) is 17.9 Å². The number of hydrogen-bond donors (Lipinski definition) is 4. The normalized spacial score (nSPS) is 27.1. The van der Waals surface area contributed by atoms with Crippen LogP contribution in [0.5, 0.6) is 17.4 Å². The Labute approximate surface area is 170 Å². The van der Waals surface area contributed by atoms with Crippen molar-refractivity contribution in [1.82, 2.24) is 0 Å². The third kappa shape index (κ3) is 3.71. The lowest BCUT2D eigenvalue weighted by molar-refractivity contribution is -0.254. The molecule has 13 heteroatoms. The number of carbonyl (C=O) groups excluding carboxylic acids is 1. The third-order valence-electron chi connectivity index (χ3n) is 4.54. The lowest BCUT2D eigenvalue weighted by atomic mass is 10.1. The van der Waals surface area contributed by atoms with Crippen LogP contribution in [0, 0.1) is 0 Å². The molecule has 4 N–H and O–H groups in total. The molecular weight excluding hydrogens is 428 g/mol. The Kier molecular flexibility index (Phi) is 5.95. The minimum absolute atomic E-state index is 0.0410. The van der Waals surface area contributed by atoms with Gasteiger partial charge >= 0.3 is 0 Å². The van der Waals surface area contributed by atoms with E-state index in [9.17, 15) is 33.1 Å². The van der Waals surface area contributed by atoms with Crippen LogP contribution in [0.2, 0.25) is 0 Å². The molecule has 1 aliphatic carbocycles. The van der Waals surface area contributed by atoms with E-state index in [2.05, 4.69) is 0 Å². The second-order valence-electron chi connectivity index (χ2n) is 6.48. The summed E-state index contributed by atoms with van der Waals surface area (Å²) in [5.41, 5.74) is -1.75. The summed E-state index contributed by atoms with van der Waals surface area (Å²) in [7, 11) is -2.36. The number of hydrogen-bond acceptors (Lipinski definition) is 11. The van der Waals surface area contributed by atoms with Gasteiger partial charge in [0.05, 0.1) is 14.2 Å². The number of rotatable bonds is 6. The van der Waals surface area contributed by atoms with Gasteiger partial charge in [-0.25, -0.2) is 0 Å². The molecule has 12 nitrogen and oxygen atoms in total.